The Bertz CT molecular complexity index is 821. The van der Waals surface area contributed by atoms with E-state index in [0.29, 0.717) is 23.9 Å². The lowest BCUT2D eigenvalue weighted by Crippen LogP contribution is -2.25. The summed E-state index contributed by atoms with van der Waals surface area (Å²) in [7, 11) is -3.53. The van der Waals surface area contributed by atoms with Crippen LogP contribution in [0.3, 0.4) is 0 Å². The monoisotopic (exact) mass is 413 g/mol. The second kappa shape index (κ2) is 9.97. The number of nitrogens with one attached hydrogen (secondary N) is 1. The number of benzene rings is 2. The van der Waals surface area contributed by atoms with Crippen LogP contribution in [0.15, 0.2) is 58.3 Å². The van der Waals surface area contributed by atoms with Crippen LogP contribution in [0.1, 0.15) is 12.5 Å². The van der Waals surface area contributed by atoms with Crippen LogP contribution in [0.5, 0.6) is 0 Å². The van der Waals surface area contributed by atoms with E-state index in [0.717, 1.165) is 10.5 Å². The predicted octanol–water partition coefficient (Wildman–Crippen LogP) is 3.52. The topological polar surface area (TPSA) is 72.5 Å². The largest absolute Gasteiger partial charge is 0.466 e. The molecule has 0 fully saturated rings. The molecule has 0 spiro atoms. The van der Waals surface area contributed by atoms with Crippen LogP contribution in [0.2, 0.25) is 5.02 Å². The number of rotatable bonds is 9. The van der Waals surface area contributed by atoms with Gasteiger partial charge in [0, 0.05) is 22.2 Å². The standard InChI is InChI=1S/C18H20ClNO4S2/c1-2-24-18(21)13-14-3-7-16(8-4-14)25-12-11-20-26(22,23)17-9-5-15(19)6-10-17/h3-10,20H,2,11-13H2,1H3. The Kier molecular flexibility index (Phi) is 7.96. The van der Waals surface area contributed by atoms with Gasteiger partial charge >= 0.3 is 5.97 Å². The normalized spacial score (nSPS) is 11.3. The molecule has 1 N–H and O–H groups in total. The van der Waals surface area contributed by atoms with E-state index in [4.69, 9.17) is 16.3 Å². The van der Waals surface area contributed by atoms with Crippen molar-refractivity contribution >= 4 is 39.4 Å². The third-order valence-corrected chi connectivity index (χ3v) is 6.11. The molecule has 8 heteroatoms. The summed E-state index contributed by atoms with van der Waals surface area (Å²) in [5.41, 5.74) is 0.885. The maximum Gasteiger partial charge on any atom is 0.310 e. The van der Waals surface area contributed by atoms with E-state index < -0.39 is 10.0 Å². The minimum atomic E-state index is -3.53. The van der Waals surface area contributed by atoms with Crippen LogP contribution in [0.4, 0.5) is 0 Å². The van der Waals surface area contributed by atoms with Crippen molar-refractivity contribution in [1.82, 2.24) is 4.72 Å². The maximum absolute atomic E-state index is 12.1. The number of hydrogen-bond donors (Lipinski definition) is 1. The zero-order valence-corrected chi connectivity index (χ0v) is 16.7. The summed E-state index contributed by atoms with van der Waals surface area (Å²) in [5, 5.41) is 0.492. The highest BCUT2D eigenvalue weighted by Crippen LogP contribution is 2.19. The van der Waals surface area contributed by atoms with E-state index in [-0.39, 0.29) is 17.3 Å². The Morgan fingerprint density at radius 3 is 2.38 bits per heavy atom. The number of halogens is 1. The fraction of sp³-hybridized carbons (Fsp3) is 0.278. The first-order valence-corrected chi connectivity index (χ1v) is 10.9. The van der Waals surface area contributed by atoms with Crippen LogP contribution in [-0.4, -0.2) is 33.3 Å². The lowest BCUT2D eigenvalue weighted by Gasteiger charge is -2.07. The molecule has 0 unspecified atom stereocenters. The van der Waals surface area contributed by atoms with Gasteiger partial charge in [0.1, 0.15) is 0 Å². The van der Waals surface area contributed by atoms with Crippen LogP contribution >= 0.6 is 23.4 Å². The van der Waals surface area contributed by atoms with Gasteiger partial charge in [-0.05, 0) is 48.9 Å². The number of esters is 1. The van der Waals surface area contributed by atoms with Crippen molar-refractivity contribution in [3.8, 4) is 0 Å². The smallest absolute Gasteiger partial charge is 0.310 e. The second-order valence-electron chi connectivity index (χ2n) is 5.33. The molecule has 5 nitrogen and oxygen atoms in total. The van der Waals surface area contributed by atoms with Gasteiger partial charge in [-0.3, -0.25) is 4.79 Å². The van der Waals surface area contributed by atoms with Gasteiger partial charge in [0.2, 0.25) is 10.0 Å². The Labute approximate surface area is 163 Å². The summed E-state index contributed by atoms with van der Waals surface area (Å²) in [6, 6.07) is 13.6. The number of thioether (sulfide) groups is 1. The van der Waals surface area contributed by atoms with Gasteiger partial charge in [-0.2, -0.15) is 0 Å². The minimum Gasteiger partial charge on any atom is -0.466 e. The molecule has 2 rings (SSSR count). The van der Waals surface area contributed by atoms with Crippen LogP contribution in [0.25, 0.3) is 0 Å². The third kappa shape index (κ3) is 6.64. The van der Waals surface area contributed by atoms with E-state index in [1.807, 2.05) is 24.3 Å². The van der Waals surface area contributed by atoms with E-state index in [2.05, 4.69) is 4.72 Å². The fourth-order valence-electron chi connectivity index (χ4n) is 2.12. The fourth-order valence-corrected chi connectivity index (χ4v) is 4.18. The molecule has 0 saturated carbocycles. The highest BCUT2D eigenvalue weighted by Gasteiger charge is 2.12. The molecule has 0 saturated heterocycles. The van der Waals surface area contributed by atoms with Gasteiger partial charge < -0.3 is 4.74 Å². The van der Waals surface area contributed by atoms with Crippen molar-refractivity contribution in [2.75, 3.05) is 18.9 Å². The first-order valence-electron chi connectivity index (χ1n) is 8.03. The van der Waals surface area contributed by atoms with E-state index in [9.17, 15) is 13.2 Å². The molecule has 140 valence electrons. The molecular weight excluding hydrogens is 394 g/mol. The zero-order chi connectivity index (χ0) is 19.0. The summed E-state index contributed by atoms with van der Waals surface area (Å²) in [6.45, 7) is 2.46. The molecule has 0 amide bonds. The van der Waals surface area contributed by atoms with Crippen molar-refractivity contribution < 1.29 is 17.9 Å². The lowest BCUT2D eigenvalue weighted by atomic mass is 10.1. The van der Waals surface area contributed by atoms with Crippen molar-refractivity contribution in [3.05, 3.63) is 59.1 Å². The maximum atomic E-state index is 12.1. The summed E-state index contributed by atoms with van der Waals surface area (Å²) in [4.78, 5) is 12.6. The van der Waals surface area contributed by atoms with E-state index in [1.165, 1.54) is 23.9 Å². The molecule has 0 atom stereocenters. The van der Waals surface area contributed by atoms with Gasteiger partial charge in [-0.1, -0.05) is 23.7 Å². The first kappa shape index (κ1) is 20.8. The highest BCUT2D eigenvalue weighted by atomic mass is 35.5. The van der Waals surface area contributed by atoms with Gasteiger partial charge in [0.05, 0.1) is 17.9 Å². The third-order valence-electron chi connectivity index (χ3n) is 3.36. The molecule has 2 aromatic rings. The van der Waals surface area contributed by atoms with E-state index in [1.54, 1.807) is 19.1 Å². The van der Waals surface area contributed by atoms with Gasteiger partial charge in [0.15, 0.2) is 0 Å². The van der Waals surface area contributed by atoms with Gasteiger partial charge in [-0.25, -0.2) is 13.1 Å². The van der Waals surface area contributed by atoms with Gasteiger partial charge in [0.25, 0.3) is 0 Å². The molecular formula is C18H20ClNO4S2. The molecule has 0 aliphatic rings. The first-order chi connectivity index (χ1) is 12.4. The lowest BCUT2D eigenvalue weighted by molar-refractivity contribution is -0.142. The average Bonchev–Trinajstić information content (AvgIpc) is 2.61. The predicted molar refractivity (Wildman–Crippen MR) is 104 cm³/mol. The molecule has 0 aromatic heterocycles. The Morgan fingerprint density at radius 1 is 1.12 bits per heavy atom. The molecule has 0 bridgehead atoms. The number of carbonyl (C=O) groups excluding carboxylic acids is 1. The van der Waals surface area contributed by atoms with Crippen molar-refractivity contribution in [2.45, 2.75) is 23.1 Å². The molecule has 0 radical (unpaired) electrons. The van der Waals surface area contributed by atoms with Crippen molar-refractivity contribution in [1.29, 1.82) is 0 Å². The summed E-state index contributed by atoms with van der Waals surface area (Å²) < 4.78 is 31.8. The zero-order valence-electron chi connectivity index (χ0n) is 14.3. The number of ether oxygens (including phenoxy) is 1. The Balaban J connectivity index is 1.79. The molecule has 0 aliphatic heterocycles. The number of carbonyl (C=O) groups is 1. The van der Waals surface area contributed by atoms with Gasteiger partial charge in [-0.15, -0.1) is 11.8 Å². The quantitative estimate of drug-likeness (QED) is 0.387. The number of sulfonamides is 1. The highest BCUT2D eigenvalue weighted by molar-refractivity contribution is 7.99. The average molecular weight is 414 g/mol. The molecule has 0 aliphatic carbocycles. The van der Waals surface area contributed by atoms with Crippen LogP contribution < -0.4 is 4.72 Å². The van der Waals surface area contributed by atoms with Crippen LogP contribution in [-0.2, 0) is 26.0 Å². The molecule has 26 heavy (non-hydrogen) atoms. The Morgan fingerprint density at radius 2 is 1.77 bits per heavy atom. The Hall–Kier alpha value is -1.54. The van der Waals surface area contributed by atoms with Crippen LogP contribution in [0, 0.1) is 0 Å². The number of hydrogen-bond acceptors (Lipinski definition) is 5. The van der Waals surface area contributed by atoms with Crippen molar-refractivity contribution in [3.63, 3.8) is 0 Å². The van der Waals surface area contributed by atoms with Crippen molar-refractivity contribution in [2.24, 2.45) is 0 Å². The summed E-state index contributed by atoms with van der Waals surface area (Å²) in [5.74, 6) is 0.342. The SMILES string of the molecule is CCOC(=O)Cc1ccc(SCCNS(=O)(=O)c2ccc(Cl)cc2)cc1. The summed E-state index contributed by atoms with van der Waals surface area (Å²) >= 11 is 7.30. The molecule has 2 aromatic carbocycles. The second-order valence-corrected chi connectivity index (χ2v) is 8.70. The summed E-state index contributed by atoms with van der Waals surface area (Å²) in [6.07, 6.45) is 0.250. The minimum absolute atomic E-state index is 0.190. The van der Waals surface area contributed by atoms with E-state index >= 15 is 0 Å². The molecule has 0 heterocycles.